The molecule has 0 aliphatic rings. The van der Waals surface area contributed by atoms with Gasteiger partial charge in [0.15, 0.2) is 0 Å². The van der Waals surface area contributed by atoms with Gasteiger partial charge in [-0.05, 0) is 67.3 Å². The standard InChI is InChI=1S/C31H36N4O5S/c1-19-9-7-8-10-29(19)41(38,39)34-30(36)23-12-13-24(28(17-23)40-6)21(3)26-18-32-27-14-11-22(16-25(26)27)15-20(2)33-31(37)35(4)5/h7-14,16-18,20-21,32H,15H2,1-6H3,(H,33,37)(H,34,36). The summed E-state index contributed by atoms with van der Waals surface area (Å²) < 4.78 is 33.5. The fourth-order valence-corrected chi connectivity index (χ4v) is 6.11. The first kappa shape index (κ1) is 29.7. The van der Waals surface area contributed by atoms with E-state index in [9.17, 15) is 18.0 Å². The molecule has 3 N–H and O–H groups in total. The lowest BCUT2D eigenvalue weighted by atomic mass is 9.90. The van der Waals surface area contributed by atoms with Gasteiger partial charge in [0, 0.05) is 54.3 Å². The zero-order chi connectivity index (χ0) is 29.9. The van der Waals surface area contributed by atoms with E-state index in [-0.39, 0.29) is 28.4 Å². The Morgan fingerprint density at radius 3 is 2.41 bits per heavy atom. The third-order valence-corrected chi connectivity index (χ3v) is 8.63. The number of methoxy groups -OCH3 is 1. The number of ether oxygens (including phenoxy) is 1. The molecule has 1 heterocycles. The third-order valence-electron chi connectivity index (χ3n) is 7.13. The lowest BCUT2D eigenvalue weighted by Gasteiger charge is -2.18. The second kappa shape index (κ2) is 12.1. The van der Waals surface area contributed by atoms with Crippen LogP contribution >= 0.6 is 0 Å². The van der Waals surface area contributed by atoms with Crippen LogP contribution < -0.4 is 14.8 Å². The van der Waals surface area contributed by atoms with Gasteiger partial charge in [0.25, 0.3) is 15.9 Å². The van der Waals surface area contributed by atoms with Crippen molar-refractivity contribution in [3.63, 3.8) is 0 Å². The summed E-state index contributed by atoms with van der Waals surface area (Å²) in [5.41, 5.74) is 4.69. The van der Waals surface area contributed by atoms with E-state index < -0.39 is 15.9 Å². The Morgan fingerprint density at radius 1 is 1.00 bits per heavy atom. The molecule has 2 atom stereocenters. The van der Waals surface area contributed by atoms with Gasteiger partial charge in [0.1, 0.15) is 5.75 Å². The lowest BCUT2D eigenvalue weighted by Crippen LogP contribution is -2.40. The van der Waals surface area contributed by atoms with Crippen LogP contribution in [0.1, 0.15) is 52.4 Å². The van der Waals surface area contributed by atoms with Crippen molar-refractivity contribution in [3.8, 4) is 5.75 Å². The molecule has 10 heteroatoms. The molecule has 0 aliphatic carbocycles. The molecule has 41 heavy (non-hydrogen) atoms. The molecule has 0 aliphatic heterocycles. The summed E-state index contributed by atoms with van der Waals surface area (Å²) >= 11 is 0. The molecule has 0 saturated heterocycles. The SMILES string of the molecule is COc1cc(C(=O)NS(=O)(=O)c2ccccc2C)ccc1C(C)c1c[nH]c2ccc(CC(C)NC(=O)N(C)C)cc12. The number of urea groups is 1. The molecule has 0 fully saturated rings. The van der Waals surface area contributed by atoms with Crippen molar-refractivity contribution < 1.29 is 22.7 Å². The predicted octanol–water partition coefficient (Wildman–Crippen LogP) is 4.96. The maximum atomic E-state index is 12.9. The van der Waals surface area contributed by atoms with E-state index in [1.54, 1.807) is 57.4 Å². The van der Waals surface area contributed by atoms with E-state index >= 15 is 0 Å². The number of aryl methyl sites for hydroxylation is 1. The normalized spacial score (nSPS) is 12.9. The molecule has 3 amide bonds. The van der Waals surface area contributed by atoms with Crippen LogP contribution in [0.2, 0.25) is 0 Å². The highest BCUT2D eigenvalue weighted by Gasteiger charge is 2.23. The Bertz CT molecular complexity index is 1690. The molecule has 3 aromatic carbocycles. The summed E-state index contributed by atoms with van der Waals surface area (Å²) in [4.78, 5) is 29.9. The molecular formula is C31H36N4O5S. The molecule has 0 bridgehead atoms. The van der Waals surface area contributed by atoms with Crippen molar-refractivity contribution in [1.82, 2.24) is 19.9 Å². The van der Waals surface area contributed by atoms with Gasteiger partial charge in [-0.3, -0.25) is 4.79 Å². The largest absolute Gasteiger partial charge is 0.496 e. The Kier molecular flexibility index (Phi) is 8.72. The molecule has 0 radical (unpaired) electrons. The summed E-state index contributed by atoms with van der Waals surface area (Å²) in [6.07, 6.45) is 2.64. The number of nitrogens with one attached hydrogen (secondary N) is 3. The number of fused-ring (bicyclic) bond motifs is 1. The molecule has 2 unspecified atom stereocenters. The Balaban J connectivity index is 1.58. The number of carbonyl (C=O) groups is 2. The Hall–Kier alpha value is -4.31. The first-order chi connectivity index (χ1) is 19.4. The number of carbonyl (C=O) groups excluding carboxylic acids is 2. The van der Waals surface area contributed by atoms with Crippen molar-refractivity contribution in [2.45, 2.75) is 44.0 Å². The summed E-state index contributed by atoms with van der Waals surface area (Å²) in [5, 5.41) is 4.03. The second-order valence-electron chi connectivity index (χ2n) is 10.5. The van der Waals surface area contributed by atoms with Gasteiger partial charge < -0.3 is 19.9 Å². The van der Waals surface area contributed by atoms with Gasteiger partial charge in [-0.2, -0.15) is 0 Å². The van der Waals surface area contributed by atoms with Crippen LogP contribution in [-0.2, 0) is 16.4 Å². The number of H-pyrrole nitrogens is 1. The van der Waals surface area contributed by atoms with Gasteiger partial charge in [-0.15, -0.1) is 0 Å². The van der Waals surface area contributed by atoms with Crippen molar-refractivity contribution >= 4 is 32.9 Å². The van der Waals surface area contributed by atoms with Crippen molar-refractivity contribution in [1.29, 1.82) is 0 Å². The third kappa shape index (κ3) is 6.54. The summed E-state index contributed by atoms with van der Waals surface area (Å²) in [7, 11) is 0.905. The minimum Gasteiger partial charge on any atom is -0.496 e. The number of rotatable bonds is 9. The van der Waals surface area contributed by atoms with Crippen LogP contribution in [0.3, 0.4) is 0 Å². The second-order valence-corrected chi connectivity index (χ2v) is 12.1. The number of aromatic nitrogens is 1. The van der Waals surface area contributed by atoms with Gasteiger partial charge in [0.05, 0.1) is 12.0 Å². The van der Waals surface area contributed by atoms with Crippen LogP contribution in [0.15, 0.2) is 71.8 Å². The van der Waals surface area contributed by atoms with E-state index in [1.807, 2.05) is 25.3 Å². The van der Waals surface area contributed by atoms with Gasteiger partial charge in [0.2, 0.25) is 0 Å². The van der Waals surface area contributed by atoms with Crippen LogP contribution in [0.5, 0.6) is 5.75 Å². The fourth-order valence-electron chi connectivity index (χ4n) is 4.89. The molecule has 0 saturated carbocycles. The minimum absolute atomic E-state index is 0.0458. The average molecular weight is 577 g/mol. The quantitative estimate of drug-likeness (QED) is 0.260. The molecule has 4 aromatic rings. The number of benzene rings is 3. The van der Waals surface area contributed by atoms with Crippen molar-refractivity contribution in [3.05, 3.63) is 94.7 Å². The number of amides is 3. The van der Waals surface area contributed by atoms with E-state index in [0.717, 1.165) is 27.6 Å². The molecule has 4 rings (SSSR count). The maximum Gasteiger partial charge on any atom is 0.317 e. The van der Waals surface area contributed by atoms with Gasteiger partial charge >= 0.3 is 6.03 Å². The topological polar surface area (TPSA) is 121 Å². The molecule has 1 aromatic heterocycles. The maximum absolute atomic E-state index is 12.9. The Morgan fingerprint density at radius 2 is 1.73 bits per heavy atom. The number of hydrogen-bond acceptors (Lipinski definition) is 5. The lowest BCUT2D eigenvalue weighted by molar-refractivity contribution is 0.0981. The summed E-state index contributed by atoms with van der Waals surface area (Å²) in [6, 6.07) is 17.5. The monoisotopic (exact) mass is 576 g/mol. The zero-order valence-corrected chi connectivity index (χ0v) is 24.9. The van der Waals surface area contributed by atoms with Crippen molar-refractivity contribution in [2.75, 3.05) is 21.2 Å². The van der Waals surface area contributed by atoms with E-state index in [4.69, 9.17) is 4.74 Å². The van der Waals surface area contributed by atoms with Crippen LogP contribution in [0.4, 0.5) is 4.79 Å². The number of hydrogen-bond donors (Lipinski definition) is 3. The predicted molar refractivity (Wildman–Crippen MR) is 160 cm³/mol. The van der Waals surface area contributed by atoms with Gasteiger partial charge in [-0.1, -0.05) is 37.3 Å². The highest BCUT2D eigenvalue weighted by molar-refractivity contribution is 7.90. The van der Waals surface area contributed by atoms with E-state index in [0.29, 0.717) is 17.7 Å². The molecular weight excluding hydrogens is 540 g/mol. The number of sulfonamides is 1. The smallest absolute Gasteiger partial charge is 0.317 e. The highest BCUT2D eigenvalue weighted by atomic mass is 32.2. The zero-order valence-electron chi connectivity index (χ0n) is 24.1. The molecule has 216 valence electrons. The number of nitrogens with zero attached hydrogens (tertiary/aromatic N) is 1. The average Bonchev–Trinajstić information content (AvgIpc) is 3.35. The molecule has 0 spiro atoms. The van der Waals surface area contributed by atoms with Crippen LogP contribution in [0.25, 0.3) is 10.9 Å². The van der Waals surface area contributed by atoms with E-state index in [1.165, 1.54) is 18.1 Å². The first-order valence-corrected chi connectivity index (χ1v) is 14.8. The van der Waals surface area contributed by atoms with Crippen LogP contribution in [-0.4, -0.2) is 57.5 Å². The summed E-state index contributed by atoms with van der Waals surface area (Å²) in [5.74, 6) is -0.366. The highest BCUT2D eigenvalue weighted by Crippen LogP contribution is 2.36. The number of aromatic amines is 1. The fraction of sp³-hybridized carbons (Fsp3) is 0.290. The first-order valence-electron chi connectivity index (χ1n) is 13.3. The van der Waals surface area contributed by atoms with E-state index in [2.05, 4.69) is 28.0 Å². The minimum atomic E-state index is -4.04. The van der Waals surface area contributed by atoms with Crippen LogP contribution in [0, 0.1) is 6.92 Å². The summed E-state index contributed by atoms with van der Waals surface area (Å²) in [6.45, 7) is 5.70. The Labute approximate surface area is 241 Å². The molecule has 9 nitrogen and oxygen atoms in total. The van der Waals surface area contributed by atoms with Crippen molar-refractivity contribution in [2.24, 2.45) is 0 Å². The van der Waals surface area contributed by atoms with Gasteiger partial charge in [-0.25, -0.2) is 17.9 Å².